The van der Waals surface area contributed by atoms with Crippen LogP contribution in [0, 0.1) is 11.8 Å². The predicted molar refractivity (Wildman–Crippen MR) is 122 cm³/mol. The van der Waals surface area contributed by atoms with E-state index in [4.69, 9.17) is 0 Å². The van der Waals surface area contributed by atoms with Crippen molar-refractivity contribution in [2.45, 2.75) is 85.0 Å². The number of likely N-dealkylation sites (N-methyl/N-ethyl adjacent to an activating group) is 3. The third-order valence-electron chi connectivity index (χ3n) is 5.27. The molecule has 0 aromatic heterocycles. The first-order valence-electron chi connectivity index (χ1n) is 11.1. The Morgan fingerprint density at radius 1 is 0.774 bits per heavy atom. The van der Waals surface area contributed by atoms with Gasteiger partial charge in [-0.25, -0.2) is 0 Å². The van der Waals surface area contributed by atoms with Crippen LogP contribution in [0.25, 0.3) is 0 Å². The van der Waals surface area contributed by atoms with Crippen molar-refractivity contribution in [2.24, 2.45) is 11.8 Å². The molecule has 0 aliphatic carbocycles. The Balaban J connectivity index is 4.95. The van der Waals surface area contributed by atoms with Gasteiger partial charge in [-0.05, 0) is 52.0 Å². The van der Waals surface area contributed by atoms with Crippen LogP contribution in [0.2, 0.25) is 0 Å². The lowest BCUT2D eigenvalue weighted by atomic mass is 10.0. The molecule has 0 saturated carbocycles. The van der Waals surface area contributed by atoms with Crippen LogP contribution in [0.3, 0.4) is 0 Å². The van der Waals surface area contributed by atoms with Crippen molar-refractivity contribution in [1.29, 1.82) is 0 Å². The summed E-state index contributed by atoms with van der Waals surface area (Å²) in [6.45, 7) is 11.4. The van der Waals surface area contributed by atoms with Gasteiger partial charge in [0.15, 0.2) is 0 Å². The Bertz CT molecular complexity index is 609. The monoisotopic (exact) mass is 441 g/mol. The molecule has 0 aliphatic rings. The third kappa shape index (κ3) is 10.2. The maximum Gasteiger partial charge on any atom is 0.243 e. The summed E-state index contributed by atoms with van der Waals surface area (Å²) in [5.41, 5.74) is 0. The number of amides is 4. The molecule has 4 amide bonds. The van der Waals surface area contributed by atoms with Gasteiger partial charge in [0.05, 0.1) is 18.1 Å². The highest BCUT2D eigenvalue weighted by Crippen LogP contribution is 2.12. The molecule has 0 radical (unpaired) electrons. The lowest BCUT2D eigenvalue weighted by Gasteiger charge is -2.31. The molecule has 0 aliphatic heterocycles. The van der Waals surface area contributed by atoms with E-state index >= 15 is 0 Å². The smallest absolute Gasteiger partial charge is 0.243 e. The van der Waals surface area contributed by atoms with Crippen molar-refractivity contribution in [3.05, 3.63) is 0 Å². The molecule has 0 bridgehead atoms. The van der Waals surface area contributed by atoms with Crippen LogP contribution in [0.4, 0.5) is 0 Å². The van der Waals surface area contributed by atoms with Gasteiger partial charge in [-0.15, -0.1) is 0 Å². The van der Waals surface area contributed by atoms with E-state index in [9.17, 15) is 19.2 Å². The topological polar surface area (TPSA) is 120 Å². The standard InChI is InChI=1S/C22H43N5O4/c1-13(2)10-11-17(23-7)20(29)26-19(28)15(5)25-16(6)22(31)27(9)18(12-14(3)4)21(30)24-8/h13-18,23,25H,10-12H2,1-9H3,(H,24,30)(H,26,28,29)/t15-,16+,17+,18-/m1/s1. The second-order valence-corrected chi connectivity index (χ2v) is 8.98. The summed E-state index contributed by atoms with van der Waals surface area (Å²) in [6, 6.07) is -2.51. The van der Waals surface area contributed by atoms with Crippen LogP contribution in [0.1, 0.15) is 60.8 Å². The Hall–Kier alpha value is -2.00. The van der Waals surface area contributed by atoms with Crippen molar-refractivity contribution >= 4 is 23.6 Å². The SMILES string of the molecule is CNC(=O)[C@@H](CC(C)C)N(C)C(=O)[C@H](C)N[C@H](C)C(=O)NC(=O)[C@H](CCC(C)C)NC. The van der Waals surface area contributed by atoms with Crippen molar-refractivity contribution in [3.8, 4) is 0 Å². The molecule has 0 aromatic rings. The number of nitrogens with one attached hydrogen (secondary N) is 4. The fraction of sp³-hybridized carbons (Fsp3) is 0.818. The minimum absolute atomic E-state index is 0.229. The minimum atomic E-state index is -0.762. The molecule has 0 rings (SSSR count). The molecular formula is C22H43N5O4. The zero-order valence-electron chi connectivity index (χ0n) is 20.7. The van der Waals surface area contributed by atoms with Crippen LogP contribution in [0.15, 0.2) is 0 Å². The summed E-state index contributed by atoms with van der Waals surface area (Å²) in [7, 11) is 4.81. The number of hydrogen-bond donors (Lipinski definition) is 4. The molecule has 4 N–H and O–H groups in total. The average Bonchev–Trinajstić information content (AvgIpc) is 2.70. The van der Waals surface area contributed by atoms with Crippen LogP contribution < -0.4 is 21.3 Å². The highest BCUT2D eigenvalue weighted by atomic mass is 16.2. The van der Waals surface area contributed by atoms with Crippen LogP contribution in [0.5, 0.6) is 0 Å². The van der Waals surface area contributed by atoms with Gasteiger partial charge in [-0.3, -0.25) is 29.8 Å². The maximum absolute atomic E-state index is 12.8. The van der Waals surface area contributed by atoms with Crippen molar-refractivity contribution in [2.75, 3.05) is 21.1 Å². The van der Waals surface area contributed by atoms with E-state index < -0.39 is 30.1 Å². The van der Waals surface area contributed by atoms with E-state index in [1.54, 1.807) is 35.0 Å². The normalized spacial score (nSPS) is 15.2. The summed E-state index contributed by atoms with van der Waals surface area (Å²) in [5, 5.41) is 10.9. The number of carbonyl (C=O) groups is 4. The molecule has 0 aromatic carbocycles. The zero-order valence-corrected chi connectivity index (χ0v) is 20.7. The second kappa shape index (κ2) is 14.1. The van der Waals surface area contributed by atoms with Gasteiger partial charge in [0.2, 0.25) is 23.6 Å². The summed E-state index contributed by atoms with van der Waals surface area (Å²) in [5.74, 6) is -0.722. The van der Waals surface area contributed by atoms with E-state index in [1.165, 1.54) is 4.90 Å². The minimum Gasteiger partial charge on any atom is -0.357 e. The predicted octanol–water partition coefficient (Wildman–Crippen LogP) is 0.639. The molecular weight excluding hydrogens is 398 g/mol. The van der Waals surface area contributed by atoms with Crippen LogP contribution in [-0.4, -0.2) is 73.8 Å². The lowest BCUT2D eigenvalue weighted by Crippen LogP contribution is -2.56. The Kier molecular flexibility index (Phi) is 13.2. The molecule has 9 heteroatoms. The maximum atomic E-state index is 12.8. The van der Waals surface area contributed by atoms with Gasteiger partial charge >= 0.3 is 0 Å². The van der Waals surface area contributed by atoms with E-state index in [1.807, 2.05) is 13.8 Å². The third-order valence-corrected chi connectivity index (χ3v) is 5.27. The van der Waals surface area contributed by atoms with Gasteiger partial charge in [0.1, 0.15) is 6.04 Å². The largest absolute Gasteiger partial charge is 0.357 e. The van der Waals surface area contributed by atoms with Crippen LogP contribution in [-0.2, 0) is 19.2 Å². The van der Waals surface area contributed by atoms with Crippen molar-refractivity contribution < 1.29 is 19.2 Å². The van der Waals surface area contributed by atoms with Gasteiger partial charge in [-0.2, -0.15) is 0 Å². The molecule has 0 spiro atoms. The second-order valence-electron chi connectivity index (χ2n) is 8.98. The average molecular weight is 442 g/mol. The molecule has 180 valence electrons. The summed E-state index contributed by atoms with van der Waals surface area (Å²) in [4.78, 5) is 51.3. The molecule has 4 atom stereocenters. The number of hydrogen-bond acceptors (Lipinski definition) is 6. The van der Waals surface area contributed by atoms with Gasteiger partial charge in [0, 0.05) is 14.1 Å². The van der Waals surface area contributed by atoms with Gasteiger partial charge < -0.3 is 15.5 Å². The fourth-order valence-corrected chi connectivity index (χ4v) is 3.26. The molecule has 31 heavy (non-hydrogen) atoms. The van der Waals surface area contributed by atoms with E-state index in [0.29, 0.717) is 18.8 Å². The molecule has 0 unspecified atom stereocenters. The Morgan fingerprint density at radius 2 is 1.35 bits per heavy atom. The molecule has 0 saturated heterocycles. The zero-order chi connectivity index (χ0) is 24.3. The van der Waals surface area contributed by atoms with Gasteiger partial charge in [0.25, 0.3) is 0 Å². The first-order valence-corrected chi connectivity index (χ1v) is 11.1. The number of rotatable bonds is 13. The Labute approximate surface area is 187 Å². The highest BCUT2D eigenvalue weighted by molar-refractivity contribution is 6.00. The van der Waals surface area contributed by atoms with E-state index in [-0.39, 0.29) is 23.6 Å². The number of carbonyl (C=O) groups excluding carboxylic acids is 4. The summed E-state index contributed by atoms with van der Waals surface area (Å²) < 4.78 is 0. The first kappa shape index (κ1) is 29.0. The molecule has 9 nitrogen and oxygen atoms in total. The number of nitrogens with zero attached hydrogens (tertiary/aromatic N) is 1. The van der Waals surface area contributed by atoms with Gasteiger partial charge in [-0.1, -0.05) is 27.7 Å². The Morgan fingerprint density at radius 3 is 1.81 bits per heavy atom. The summed E-state index contributed by atoms with van der Waals surface area (Å²) >= 11 is 0. The fourth-order valence-electron chi connectivity index (χ4n) is 3.26. The quantitative estimate of drug-likeness (QED) is 0.333. The van der Waals surface area contributed by atoms with Crippen molar-refractivity contribution in [1.82, 2.24) is 26.2 Å². The summed E-state index contributed by atoms with van der Waals surface area (Å²) in [6.07, 6.45) is 2.02. The first-order chi connectivity index (χ1) is 14.3. The van der Waals surface area contributed by atoms with E-state index in [2.05, 4.69) is 35.1 Å². The highest BCUT2D eigenvalue weighted by Gasteiger charge is 2.31. The van der Waals surface area contributed by atoms with Crippen LogP contribution >= 0.6 is 0 Å². The molecule has 0 heterocycles. The lowest BCUT2D eigenvalue weighted by molar-refractivity contribution is -0.141. The van der Waals surface area contributed by atoms with E-state index in [0.717, 1.165) is 6.42 Å². The molecule has 0 fully saturated rings. The number of imide groups is 1. The van der Waals surface area contributed by atoms with Crippen molar-refractivity contribution in [3.63, 3.8) is 0 Å².